The van der Waals surface area contributed by atoms with E-state index in [1.54, 1.807) is 24.0 Å². The molecule has 0 bridgehead atoms. The van der Waals surface area contributed by atoms with Crippen LogP contribution in [0.5, 0.6) is 0 Å². The Morgan fingerprint density at radius 1 is 1.53 bits per heavy atom. The fourth-order valence-corrected chi connectivity index (χ4v) is 2.24. The van der Waals surface area contributed by atoms with Gasteiger partial charge in [0.15, 0.2) is 0 Å². The van der Waals surface area contributed by atoms with Crippen molar-refractivity contribution in [3.05, 3.63) is 29.6 Å². The Morgan fingerprint density at radius 3 is 3.00 bits per heavy atom. The van der Waals surface area contributed by atoms with E-state index in [2.05, 4.69) is 5.32 Å². The van der Waals surface area contributed by atoms with Crippen molar-refractivity contribution < 1.29 is 9.18 Å². The molecule has 1 heterocycles. The van der Waals surface area contributed by atoms with Gasteiger partial charge in [-0.2, -0.15) is 0 Å². The Morgan fingerprint density at radius 2 is 2.29 bits per heavy atom. The second-order valence-electron chi connectivity index (χ2n) is 4.27. The highest BCUT2D eigenvalue weighted by molar-refractivity contribution is 6.00. The van der Waals surface area contributed by atoms with Crippen LogP contribution in [-0.4, -0.2) is 25.0 Å². The first-order valence-electron chi connectivity index (χ1n) is 5.95. The van der Waals surface area contributed by atoms with Crippen LogP contribution in [0.4, 0.5) is 10.1 Å². The van der Waals surface area contributed by atoms with Gasteiger partial charge in [-0.15, -0.1) is 0 Å². The zero-order valence-corrected chi connectivity index (χ0v) is 10.2. The molecule has 0 saturated carbocycles. The first-order chi connectivity index (χ1) is 8.15. The second-order valence-corrected chi connectivity index (χ2v) is 4.27. The van der Waals surface area contributed by atoms with Gasteiger partial charge in [0.1, 0.15) is 5.82 Å². The van der Waals surface area contributed by atoms with Crippen molar-refractivity contribution in [1.29, 1.82) is 0 Å². The number of likely N-dealkylation sites (N-methyl/N-ethyl adjacent to an activating group) is 1. The number of nitrogens with one attached hydrogen (secondary N) is 1. The summed E-state index contributed by atoms with van der Waals surface area (Å²) >= 11 is 0. The van der Waals surface area contributed by atoms with Crippen LogP contribution in [-0.2, 0) is 4.79 Å². The molecule has 1 atom stereocenters. The molecular weight excluding hydrogens is 219 g/mol. The molecule has 1 fully saturated rings. The van der Waals surface area contributed by atoms with E-state index in [9.17, 15) is 9.18 Å². The lowest BCUT2D eigenvalue weighted by Gasteiger charge is -2.19. The maximum atomic E-state index is 13.5. The number of carbonyl (C=O) groups is 1. The van der Waals surface area contributed by atoms with E-state index in [1.165, 1.54) is 6.07 Å². The molecule has 0 spiro atoms. The average molecular weight is 236 g/mol. The van der Waals surface area contributed by atoms with E-state index in [4.69, 9.17) is 0 Å². The molecule has 1 amide bonds. The average Bonchev–Trinajstić information content (AvgIpc) is 2.66. The van der Waals surface area contributed by atoms with Crippen LogP contribution >= 0.6 is 0 Å². The highest BCUT2D eigenvalue weighted by Crippen LogP contribution is 2.26. The summed E-state index contributed by atoms with van der Waals surface area (Å²) in [6.45, 7) is 5.11. The van der Waals surface area contributed by atoms with Gasteiger partial charge in [-0.05, 0) is 32.0 Å². The summed E-state index contributed by atoms with van der Waals surface area (Å²) in [5.41, 5.74) is 1.23. The number of halogens is 1. The zero-order valence-electron chi connectivity index (χ0n) is 10.2. The maximum absolute atomic E-state index is 13.5. The summed E-state index contributed by atoms with van der Waals surface area (Å²) in [5, 5.41) is 3.14. The standard InChI is InChI=1S/C13H17FN2O/c1-3-15-11-7-8-16(13(11)17)12-6-4-5-10(14)9(12)2/h4-6,11,15H,3,7-8H2,1-2H3. The number of hydrogen-bond acceptors (Lipinski definition) is 2. The Bertz CT molecular complexity index is 433. The van der Waals surface area contributed by atoms with Gasteiger partial charge >= 0.3 is 0 Å². The number of carbonyl (C=O) groups excluding carboxylic acids is 1. The third-order valence-corrected chi connectivity index (χ3v) is 3.19. The number of amides is 1. The predicted octanol–water partition coefficient (Wildman–Crippen LogP) is 1.85. The van der Waals surface area contributed by atoms with Crippen molar-refractivity contribution >= 4 is 11.6 Å². The molecule has 17 heavy (non-hydrogen) atoms. The molecule has 3 nitrogen and oxygen atoms in total. The monoisotopic (exact) mass is 236 g/mol. The molecule has 0 aliphatic carbocycles. The molecule has 1 aliphatic heterocycles. The molecule has 92 valence electrons. The number of rotatable bonds is 3. The maximum Gasteiger partial charge on any atom is 0.244 e. The van der Waals surface area contributed by atoms with Crippen molar-refractivity contribution in [2.45, 2.75) is 26.3 Å². The molecular formula is C13H17FN2O. The third kappa shape index (κ3) is 2.17. The van der Waals surface area contributed by atoms with Crippen molar-refractivity contribution in [2.75, 3.05) is 18.0 Å². The van der Waals surface area contributed by atoms with E-state index >= 15 is 0 Å². The Hall–Kier alpha value is -1.42. The van der Waals surface area contributed by atoms with Gasteiger partial charge in [0, 0.05) is 17.8 Å². The molecule has 0 aromatic heterocycles. The van der Waals surface area contributed by atoms with Crippen molar-refractivity contribution in [3.8, 4) is 0 Å². The molecule has 1 aromatic rings. The van der Waals surface area contributed by atoms with Crippen LogP contribution in [0.1, 0.15) is 18.9 Å². The van der Waals surface area contributed by atoms with Crippen molar-refractivity contribution in [2.24, 2.45) is 0 Å². The Kier molecular flexibility index (Phi) is 3.43. The molecule has 0 radical (unpaired) electrons. The lowest BCUT2D eigenvalue weighted by atomic mass is 10.1. The summed E-state index contributed by atoms with van der Waals surface area (Å²) in [4.78, 5) is 13.8. The van der Waals surface area contributed by atoms with Crippen LogP contribution in [0.25, 0.3) is 0 Å². The Labute approximate surface area is 101 Å². The zero-order chi connectivity index (χ0) is 12.4. The first kappa shape index (κ1) is 12.0. The third-order valence-electron chi connectivity index (χ3n) is 3.19. The smallest absolute Gasteiger partial charge is 0.244 e. The van der Waals surface area contributed by atoms with Crippen LogP contribution in [0, 0.1) is 12.7 Å². The summed E-state index contributed by atoms with van der Waals surface area (Å²) in [7, 11) is 0. The summed E-state index contributed by atoms with van der Waals surface area (Å²) in [5.74, 6) is -0.220. The summed E-state index contributed by atoms with van der Waals surface area (Å²) in [6.07, 6.45) is 0.780. The number of benzene rings is 1. The van der Waals surface area contributed by atoms with Gasteiger partial charge in [0.2, 0.25) is 5.91 Å². The van der Waals surface area contributed by atoms with Gasteiger partial charge in [0.05, 0.1) is 6.04 Å². The van der Waals surface area contributed by atoms with E-state index < -0.39 is 0 Å². The van der Waals surface area contributed by atoms with Crippen LogP contribution in [0.3, 0.4) is 0 Å². The molecule has 1 saturated heterocycles. The van der Waals surface area contributed by atoms with E-state index in [1.807, 2.05) is 6.92 Å². The van der Waals surface area contributed by atoms with Crippen LogP contribution < -0.4 is 10.2 Å². The molecule has 2 rings (SSSR count). The minimum atomic E-state index is -0.262. The fourth-order valence-electron chi connectivity index (χ4n) is 2.24. The highest BCUT2D eigenvalue weighted by Gasteiger charge is 2.32. The van der Waals surface area contributed by atoms with Gasteiger partial charge in [-0.3, -0.25) is 4.79 Å². The van der Waals surface area contributed by atoms with Crippen molar-refractivity contribution in [3.63, 3.8) is 0 Å². The van der Waals surface area contributed by atoms with E-state index in [0.29, 0.717) is 17.8 Å². The van der Waals surface area contributed by atoms with Gasteiger partial charge in [0.25, 0.3) is 0 Å². The fraction of sp³-hybridized carbons (Fsp3) is 0.462. The lowest BCUT2D eigenvalue weighted by Crippen LogP contribution is -2.38. The lowest BCUT2D eigenvalue weighted by molar-refractivity contribution is -0.118. The quantitative estimate of drug-likeness (QED) is 0.868. The molecule has 1 aliphatic rings. The highest BCUT2D eigenvalue weighted by atomic mass is 19.1. The number of anilines is 1. The van der Waals surface area contributed by atoms with Gasteiger partial charge < -0.3 is 10.2 Å². The van der Waals surface area contributed by atoms with Crippen LogP contribution in [0.2, 0.25) is 0 Å². The topological polar surface area (TPSA) is 32.3 Å². The Balaban J connectivity index is 2.24. The molecule has 1 N–H and O–H groups in total. The largest absolute Gasteiger partial charge is 0.311 e. The second kappa shape index (κ2) is 4.84. The number of hydrogen-bond donors (Lipinski definition) is 1. The molecule has 1 aromatic carbocycles. The van der Waals surface area contributed by atoms with E-state index in [0.717, 1.165) is 13.0 Å². The normalized spacial score (nSPS) is 20.1. The molecule has 1 unspecified atom stereocenters. The van der Waals surface area contributed by atoms with Gasteiger partial charge in [-0.1, -0.05) is 13.0 Å². The minimum absolute atomic E-state index is 0.0422. The summed E-state index contributed by atoms with van der Waals surface area (Å²) in [6, 6.07) is 4.74. The van der Waals surface area contributed by atoms with Crippen molar-refractivity contribution in [1.82, 2.24) is 5.32 Å². The number of nitrogens with zero attached hydrogens (tertiary/aromatic N) is 1. The first-order valence-corrected chi connectivity index (χ1v) is 5.95. The SMILES string of the molecule is CCNC1CCN(c2cccc(F)c2C)C1=O. The van der Waals surface area contributed by atoms with Crippen LogP contribution in [0.15, 0.2) is 18.2 Å². The summed E-state index contributed by atoms with van der Waals surface area (Å²) < 4.78 is 13.5. The minimum Gasteiger partial charge on any atom is -0.311 e. The molecule has 4 heteroatoms. The predicted molar refractivity (Wildman–Crippen MR) is 65.6 cm³/mol. The van der Waals surface area contributed by atoms with E-state index in [-0.39, 0.29) is 17.8 Å². The van der Waals surface area contributed by atoms with Gasteiger partial charge in [-0.25, -0.2) is 4.39 Å².